The molecule has 0 fully saturated rings. The van der Waals surface area contributed by atoms with Crippen molar-refractivity contribution in [3.05, 3.63) is 23.8 Å². The molecule has 98 valence electrons. The maximum atomic E-state index is 12.3. The Kier molecular flexibility index (Phi) is 3.72. The molecule has 0 saturated carbocycles. The summed E-state index contributed by atoms with van der Waals surface area (Å²) in [6.07, 6.45) is 0. The predicted octanol–water partition coefficient (Wildman–Crippen LogP) is 1.26. The van der Waals surface area contributed by atoms with E-state index in [1.165, 1.54) is 0 Å². The van der Waals surface area contributed by atoms with E-state index in [2.05, 4.69) is 0 Å². The highest BCUT2D eigenvalue weighted by Gasteiger charge is 2.21. The molecule has 0 aromatic heterocycles. The van der Waals surface area contributed by atoms with Crippen molar-refractivity contribution in [1.82, 2.24) is 4.90 Å². The summed E-state index contributed by atoms with van der Waals surface area (Å²) in [6, 6.07) is 5.16. The van der Waals surface area contributed by atoms with E-state index in [-0.39, 0.29) is 25.3 Å². The highest BCUT2D eigenvalue weighted by Crippen LogP contribution is 2.32. The van der Waals surface area contributed by atoms with E-state index in [0.717, 1.165) is 0 Å². The number of amides is 1. The summed E-state index contributed by atoms with van der Waals surface area (Å²) in [6.45, 7) is 4.30. The van der Waals surface area contributed by atoms with Gasteiger partial charge in [-0.25, -0.2) is 0 Å². The van der Waals surface area contributed by atoms with Crippen molar-refractivity contribution in [3.8, 4) is 11.5 Å². The van der Waals surface area contributed by atoms with Gasteiger partial charge in [-0.2, -0.15) is 0 Å². The summed E-state index contributed by atoms with van der Waals surface area (Å²) >= 11 is 0. The topological polar surface area (TPSA) is 59.0 Å². The number of benzene rings is 1. The Hall–Kier alpha value is -1.75. The van der Waals surface area contributed by atoms with Crippen molar-refractivity contribution in [3.63, 3.8) is 0 Å². The van der Waals surface area contributed by atoms with E-state index in [4.69, 9.17) is 14.6 Å². The Morgan fingerprint density at radius 3 is 2.78 bits per heavy atom. The van der Waals surface area contributed by atoms with E-state index in [0.29, 0.717) is 23.6 Å². The van der Waals surface area contributed by atoms with Gasteiger partial charge in [0, 0.05) is 18.2 Å². The van der Waals surface area contributed by atoms with Crippen LogP contribution in [0.1, 0.15) is 24.2 Å². The van der Waals surface area contributed by atoms with Gasteiger partial charge in [-0.1, -0.05) is 0 Å². The number of rotatable bonds is 4. The fraction of sp³-hybridized carbons (Fsp3) is 0.462. The Morgan fingerprint density at radius 2 is 2.11 bits per heavy atom. The normalized spacial score (nSPS) is 12.9. The number of fused-ring (bicyclic) bond motifs is 1. The molecule has 5 nitrogen and oxygen atoms in total. The lowest BCUT2D eigenvalue weighted by molar-refractivity contribution is 0.0665. The number of carbonyl (C=O) groups is 1. The first-order chi connectivity index (χ1) is 8.63. The van der Waals surface area contributed by atoms with Crippen LogP contribution in [0.4, 0.5) is 0 Å². The quantitative estimate of drug-likeness (QED) is 0.875. The van der Waals surface area contributed by atoms with Gasteiger partial charge >= 0.3 is 0 Å². The molecule has 1 amide bonds. The van der Waals surface area contributed by atoms with E-state index in [1.54, 1.807) is 23.1 Å². The van der Waals surface area contributed by atoms with Crippen LogP contribution < -0.4 is 9.47 Å². The molecule has 2 rings (SSSR count). The third-order valence-electron chi connectivity index (χ3n) is 2.84. The van der Waals surface area contributed by atoms with E-state index >= 15 is 0 Å². The standard InChI is InChI=1S/C13H17NO4/c1-9(2)14(5-6-15)13(16)10-3-4-11-12(7-10)18-8-17-11/h3-4,7,9,15H,5-6,8H2,1-2H3. The monoisotopic (exact) mass is 251 g/mol. The summed E-state index contributed by atoms with van der Waals surface area (Å²) in [5, 5.41) is 9.00. The molecule has 1 N–H and O–H groups in total. The van der Waals surface area contributed by atoms with Gasteiger partial charge in [-0.3, -0.25) is 4.79 Å². The highest BCUT2D eigenvalue weighted by atomic mass is 16.7. The number of hydrogen-bond donors (Lipinski definition) is 1. The second-order valence-corrected chi connectivity index (χ2v) is 4.38. The van der Waals surface area contributed by atoms with Gasteiger partial charge in [-0.05, 0) is 32.0 Å². The summed E-state index contributed by atoms with van der Waals surface area (Å²) in [7, 11) is 0. The van der Waals surface area contributed by atoms with Crippen LogP contribution in [-0.2, 0) is 0 Å². The molecule has 18 heavy (non-hydrogen) atoms. The second kappa shape index (κ2) is 5.27. The number of hydrogen-bond acceptors (Lipinski definition) is 4. The maximum absolute atomic E-state index is 12.3. The number of aliphatic hydroxyl groups is 1. The van der Waals surface area contributed by atoms with Gasteiger partial charge in [0.15, 0.2) is 11.5 Å². The minimum atomic E-state index is -0.114. The Morgan fingerprint density at radius 1 is 1.39 bits per heavy atom. The Balaban J connectivity index is 2.22. The maximum Gasteiger partial charge on any atom is 0.254 e. The van der Waals surface area contributed by atoms with Gasteiger partial charge in [0.25, 0.3) is 5.91 Å². The fourth-order valence-corrected chi connectivity index (χ4v) is 1.90. The number of aliphatic hydroxyl groups excluding tert-OH is 1. The van der Waals surface area contributed by atoms with Crippen molar-refractivity contribution in [2.75, 3.05) is 19.9 Å². The third kappa shape index (κ3) is 2.41. The van der Waals surface area contributed by atoms with Crippen molar-refractivity contribution in [2.45, 2.75) is 19.9 Å². The summed E-state index contributed by atoms with van der Waals surface area (Å²) < 4.78 is 10.4. The van der Waals surface area contributed by atoms with Gasteiger partial charge in [0.1, 0.15) is 0 Å². The molecular formula is C13H17NO4. The molecule has 0 saturated heterocycles. The van der Waals surface area contributed by atoms with Gasteiger partial charge in [0.05, 0.1) is 6.61 Å². The lowest BCUT2D eigenvalue weighted by Crippen LogP contribution is -2.38. The molecule has 0 spiro atoms. The minimum Gasteiger partial charge on any atom is -0.454 e. The van der Waals surface area contributed by atoms with E-state index < -0.39 is 0 Å². The lowest BCUT2D eigenvalue weighted by atomic mass is 10.1. The zero-order valence-electron chi connectivity index (χ0n) is 10.5. The van der Waals surface area contributed by atoms with Gasteiger partial charge < -0.3 is 19.5 Å². The molecule has 1 aromatic carbocycles. The summed E-state index contributed by atoms with van der Waals surface area (Å²) in [5.74, 6) is 1.13. The first-order valence-corrected chi connectivity index (χ1v) is 5.95. The molecule has 5 heteroatoms. The Labute approximate surface area is 106 Å². The van der Waals surface area contributed by atoms with Crippen molar-refractivity contribution in [1.29, 1.82) is 0 Å². The molecule has 1 aromatic rings. The molecular weight excluding hydrogens is 234 g/mol. The predicted molar refractivity (Wildman–Crippen MR) is 65.8 cm³/mol. The average molecular weight is 251 g/mol. The van der Waals surface area contributed by atoms with Crippen LogP contribution in [0.5, 0.6) is 11.5 Å². The molecule has 0 aliphatic carbocycles. The molecule has 0 bridgehead atoms. The second-order valence-electron chi connectivity index (χ2n) is 4.38. The highest BCUT2D eigenvalue weighted by molar-refractivity contribution is 5.95. The van der Waals surface area contributed by atoms with Crippen LogP contribution in [0.3, 0.4) is 0 Å². The number of carbonyl (C=O) groups excluding carboxylic acids is 1. The van der Waals surface area contributed by atoms with Crippen molar-refractivity contribution < 1.29 is 19.4 Å². The fourth-order valence-electron chi connectivity index (χ4n) is 1.90. The smallest absolute Gasteiger partial charge is 0.254 e. The summed E-state index contributed by atoms with van der Waals surface area (Å²) in [4.78, 5) is 13.9. The van der Waals surface area contributed by atoms with Crippen LogP contribution in [0.25, 0.3) is 0 Å². The van der Waals surface area contributed by atoms with E-state index in [9.17, 15) is 4.79 Å². The average Bonchev–Trinajstić information content (AvgIpc) is 2.81. The summed E-state index contributed by atoms with van der Waals surface area (Å²) in [5.41, 5.74) is 0.543. The number of ether oxygens (including phenoxy) is 2. The first kappa shape index (κ1) is 12.7. The minimum absolute atomic E-state index is 0.0371. The van der Waals surface area contributed by atoms with Crippen LogP contribution in [-0.4, -0.2) is 41.9 Å². The first-order valence-electron chi connectivity index (χ1n) is 5.95. The largest absolute Gasteiger partial charge is 0.454 e. The van der Waals surface area contributed by atoms with Gasteiger partial charge in [0.2, 0.25) is 6.79 Å². The van der Waals surface area contributed by atoms with Crippen molar-refractivity contribution >= 4 is 5.91 Å². The van der Waals surface area contributed by atoms with Crippen molar-refractivity contribution in [2.24, 2.45) is 0 Å². The zero-order valence-corrected chi connectivity index (χ0v) is 10.5. The SMILES string of the molecule is CC(C)N(CCO)C(=O)c1ccc2c(c1)OCO2. The Bertz CT molecular complexity index is 445. The van der Waals surface area contributed by atoms with Crippen LogP contribution in [0, 0.1) is 0 Å². The molecule has 0 radical (unpaired) electrons. The zero-order chi connectivity index (χ0) is 13.1. The number of nitrogens with zero attached hydrogens (tertiary/aromatic N) is 1. The molecule has 1 heterocycles. The van der Waals surface area contributed by atoms with Gasteiger partial charge in [-0.15, -0.1) is 0 Å². The van der Waals surface area contributed by atoms with Crippen LogP contribution in [0.2, 0.25) is 0 Å². The third-order valence-corrected chi connectivity index (χ3v) is 2.84. The van der Waals surface area contributed by atoms with E-state index in [1.807, 2.05) is 13.8 Å². The molecule has 0 unspecified atom stereocenters. The van der Waals surface area contributed by atoms with Crippen LogP contribution >= 0.6 is 0 Å². The molecule has 0 atom stereocenters. The molecule has 1 aliphatic rings. The lowest BCUT2D eigenvalue weighted by Gasteiger charge is -2.26. The van der Waals surface area contributed by atoms with Crippen LogP contribution in [0.15, 0.2) is 18.2 Å². The molecule has 1 aliphatic heterocycles.